The zero-order valence-corrected chi connectivity index (χ0v) is 14.3. The van der Waals surface area contributed by atoms with Gasteiger partial charge in [-0.2, -0.15) is 0 Å². The third-order valence-electron chi connectivity index (χ3n) is 4.51. The van der Waals surface area contributed by atoms with E-state index in [0.29, 0.717) is 6.04 Å². The standard InChI is InChI=1S/C17H26IN/c1-13-3-5-15(6-4-13)11-12-19-14(2)16-7-9-17(18)10-8-16/h7-10,13-15,19H,3-6,11-12H2,1-2H3. The summed E-state index contributed by atoms with van der Waals surface area (Å²) < 4.78 is 1.31. The van der Waals surface area contributed by atoms with Crippen molar-refractivity contribution in [2.45, 2.75) is 52.0 Å². The molecule has 106 valence electrons. The largest absolute Gasteiger partial charge is 0.310 e. The summed E-state index contributed by atoms with van der Waals surface area (Å²) in [6.45, 7) is 5.82. The molecule has 1 fully saturated rings. The van der Waals surface area contributed by atoms with Crippen LogP contribution in [0.15, 0.2) is 24.3 Å². The van der Waals surface area contributed by atoms with Gasteiger partial charge < -0.3 is 5.32 Å². The summed E-state index contributed by atoms with van der Waals surface area (Å²) in [5, 5.41) is 3.67. The van der Waals surface area contributed by atoms with Gasteiger partial charge in [-0.05, 0) is 72.0 Å². The van der Waals surface area contributed by atoms with Crippen LogP contribution in [0.5, 0.6) is 0 Å². The second kappa shape index (κ2) is 7.63. The number of hydrogen-bond acceptors (Lipinski definition) is 1. The van der Waals surface area contributed by atoms with Crippen LogP contribution in [-0.2, 0) is 0 Å². The van der Waals surface area contributed by atoms with Gasteiger partial charge in [0, 0.05) is 9.61 Å². The van der Waals surface area contributed by atoms with Crippen molar-refractivity contribution in [2.24, 2.45) is 11.8 Å². The Morgan fingerprint density at radius 1 is 1.16 bits per heavy atom. The minimum atomic E-state index is 0.472. The van der Waals surface area contributed by atoms with Crippen LogP contribution in [0.1, 0.15) is 57.6 Å². The van der Waals surface area contributed by atoms with Crippen molar-refractivity contribution in [3.63, 3.8) is 0 Å². The Morgan fingerprint density at radius 2 is 1.79 bits per heavy atom. The van der Waals surface area contributed by atoms with Crippen LogP contribution >= 0.6 is 22.6 Å². The molecule has 1 N–H and O–H groups in total. The molecule has 2 rings (SSSR count). The molecular formula is C17H26IN. The van der Waals surface area contributed by atoms with Crippen molar-refractivity contribution in [2.75, 3.05) is 6.54 Å². The molecular weight excluding hydrogens is 345 g/mol. The van der Waals surface area contributed by atoms with E-state index in [1.54, 1.807) is 0 Å². The highest BCUT2D eigenvalue weighted by Gasteiger charge is 2.17. The highest BCUT2D eigenvalue weighted by atomic mass is 127. The third kappa shape index (κ3) is 5.07. The smallest absolute Gasteiger partial charge is 0.0291 e. The molecule has 2 heteroatoms. The van der Waals surface area contributed by atoms with E-state index in [2.05, 4.69) is 66.0 Å². The predicted octanol–water partition coefficient (Wildman–Crippen LogP) is 5.16. The van der Waals surface area contributed by atoms with Crippen LogP contribution in [0.3, 0.4) is 0 Å². The van der Waals surface area contributed by atoms with E-state index < -0.39 is 0 Å². The van der Waals surface area contributed by atoms with Gasteiger partial charge in [-0.15, -0.1) is 0 Å². The lowest BCUT2D eigenvalue weighted by Crippen LogP contribution is -2.23. The fraction of sp³-hybridized carbons (Fsp3) is 0.647. The molecule has 1 nitrogen and oxygen atoms in total. The first kappa shape index (κ1) is 15.3. The first-order valence-electron chi connectivity index (χ1n) is 7.64. The number of nitrogens with one attached hydrogen (secondary N) is 1. The number of halogens is 1. The fourth-order valence-corrected chi connectivity index (χ4v) is 3.35. The first-order valence-corrected chi connectivity index (χ1v) is 8.72. The van der Waals surface area contributed by atoms with E-state index in [4.69, 9.17) is 0 Å². The molecule has 1 unspecified atom stereocenters. The maximum Gasteiger partial charge on any atom is 0.0291 e. The highest BCUT2D eigenvalue weighted by molar-refractivity contribution is 14.1. The summed E-state index contributed by atoms with van der Waals surface area (Å²) in [5.74, 6) is 1.93. The molecule has 0 radical (unpaired) electrons. The quantitative estimate of drug-likeness (QED) is 0.705. The molecule has 1 saturated carbocycles. The van der Waals surface area contributed by atoms with Gasteiger partial charge in [0.25, 0.3) is 0 Å². The minimum Gasteiger partial charge on any atom is -0.310 e. The minimum absolute atomic E-state index is 0.472. The van der Waals surface area contributed by atoms with Gasteiger partial charge in [0.1, 0.15) is 0 Å². The van der Waals surface area contributed by atoms with E-state index in [0.717, 1.165) is 18.4 Å². The van der Waals surface area contributed by atoms with E-state index in [-0.39, 0.29) is 0 Å². The summed E-state index contributed by atoms with van der Waals surface area (Å²) in [6.07, 6.45) is 7.12. The van der Waals surface area contributed by atoms with Crippen molar-refractivity contribution >= 4 is 22.6 Å². The lowest BCUT2D eigenvalue weighted by Gasteiger charge is -2.26. The second-order valence-corrected chi connectivity index (χ2v) is 7.39. The Kier molecular flexibility index (Phi) is 6.14. The molecule has 0 amide bonds. The Hall–Kier alpha value is -0.0900. The predicted molar refractivity (Wildman–Crippen MR) is 91.3 cm³/mol. The average Bonchev–Trinajstić information content (AvgIpc) is 2.41. The van der Waals surface area contributed by atoms with Gasteiger partial charge in [0.05, 0.1) is 0 Å². The van der Waals surface area contributed by atoms with Gasteiger partial charge in [0.15, 0.2) is 0 Å². The van der Waals surface area contributed by atoms with E-state index in [1.165, 1.54) is 41.2 Å². The fourth-order valence-electron chi connectivity index (χ4n) is 2.99. The van der Waals surface area contributed by atoms with Gasteiger partial charge in [-0.1, -0.05) is 44.7 Å². The van der Waals surface area contributed by atoms with Gasteiger partial charge in [-0.25, -0.2) is 0 Å². The highest BCUT2D eigenvalue weighted by Crippen LogP contribution is 2.30. The molecule has 1 aromatic carbocycles. The van der Waals surface area contributed by atoms with Gasteiger partial charge >= 0.3 is 0 Å². The number of hydrogen-bond donors (Lipinski definition) is 1. The molecule has 0 spiro atoms. The van der Waals surface area contributed by atoms with Crippen molar-refractivity contribution in [3.8, 4) is 0 Å². The topological polar surface area (TPSA) is 12.0 Å². The molecule has 0 bridgehead atoms. The van der Waals surface area contributed by atoms with Crippen molar-refractivity contribution < 1.29 is 0 Å². The molecule has 19 heavy (non-hydrogen) atoms. The van der Waals surface area contributed by atoms with E-state index in [1.807, 2.05) is 0 Å². The zero-order chi connectivity index (χ0) is 13.7. The summed E-state index contributed by atoms with van der Waals surface area (Å²) in [6, 6.07) is 9.33. The molecule has 0 saturated heterocycles. The van der Waals surface area contributed by atoms with Crippen LogP contribution in [0.4, 0.5) is 0 Å². The number of rotatable bonds is 5. The lowest BCUT2D eigenvalue weighted by atomic mass is 9.81. The Bertz CT molecular complexity index is 365. The number of benzene rings is 1. The molecule has 1 aromatic rings. The Balaban J connectivity index is 1.69. The summed E-state index contributed by atoms with van der Waals surface area (Å²) in [7, 11) is 0. The maximum absolute atomic E-state index is 3.67. The summed E-state index contributed by atoms with van der Waals surface area (Å²) >= 11 is 2.36. The summed E-state index contributed by atoms with van der Waals surface area (Å²) in [4.78, 5) is 0. The SMILES string of the molecule is CC1CCC(CCNC(C)c2ccc(I)cc2)CC1. The van der Waals surface area contributed by atoms with Crippen LogP contribution in [-0.4, -0.2) is 6.54 Å². The van der Waals surface area contributed by atoms with Crippen molar-refractivity contribution in [1.29, 1.82) is 0 Å². The molecule has 1 aliphatic rings. The van der Waals surface area contributed by atoms with Crippen LogP contribution in [0.25, 0.3) is 0 Å². The monoisotopic (exact) mass is 371 g/mol. The summed E-state index contributed by atoms with van der Waals surface area (Å²) in [5.41, 5.74) is 1.40. The van der Waals surface area contributed by atoms with E-state index >= 15 is 0 Å². The third-order valence-corrected chi connectivity index (χ3v) is 5.23. The maximum atomic E-state index is 3.67. The second-order valence-electron chi connectivity index (χ2n) is 6.14. The normalized spacial score (nSPS) is 25.2. The molecule has 0 aromatic heterocycles. The van der Waals surface area contributed by atoms with Gasteiger partial charge in [-0.3, -0.25) is 0 Å². The van der Waals surface area contributed by atoms with Crippen LogP contribution in [0.2, 0.25) is 0 Å². The average molecular weight is 371 g/mol. The van der Waals surface area contributed by atoms with Gasteiger partial charge in [0.2, 0.25) is 0 Å². The Morgan fingerprint density at radius 3 is 2.42 bits per heavy atom. The van der Waals surface area contributed by atoms with Crippen molar-refractivity contribution in [1.82, 2.24) is 5.32 Å². The van der Waals surface area contributed by atoms with E-state index in [9.17, 15) is 0 Å². The lowest BCUT2D eigenvalue weighted by molar-refractivity contribution is 0.273. The van der Waals surface area contributed by atoms with Crippen LogP contribution < -0.4 is 5.32 Å². The Labute approximate surface area is 131 Å². The van der Waals surface area contributed by atoms with Crippen molar-refractivity contribution in [3.05, 3.63) is 33.4 Å². The zero-order valence-electron chi connectivity index (χ0n) is 12.2. The molecule has 0 aliphatic heterocycles. The molecule has 1 atom stereocenters. The molecule has 0 heterocycles. The first-order chi connectivity index (χ1) is 9.15. The molecule has 1 aliphatic carbocycles. The van der Waals surface area contributed by atoms with Crippen LogP contribution in [0, 0.1) is 15.4 Å².